The summed E-state index contributed by atoms with van der Waals surface area (Å²) in [5.41, 5.74) is 11.0. The number of ketones is 1. The van der Waals surface area contributed by atoms with Gasteiger partial charge in [-0.2, -0.15) is 0 Å². The monoisotopic (exact) mass is 384 g/mol. The minimum atomic E-state index is -0.671. The zero-order valence-electron chi connectivity index (χ0n) is 17.4. The normalized spacial score (nSPS) is 12.2. The van der Waals surface area contributed by atoms with Crippen molar-refractivity contribution in [2.75, 3.05) is 6.54 Å². The number of carboxylic acid groups (broad SMARTS) is 1. The molecule has 27 heavy (non-hydrogen) atoms. The van der Waals surface area contributed by atoms with Crippen LogP contribution in [0.4, 0.5) is 0 Å². The molecule has 0 aromatic heterocycles. The summed E-state index contributed by atoms with van der Waals surface area (Å²) in [5.74, 6) is -0.564. The Hall–Kier alpha value is -0.940. The molecule has 0 spiro atoms. The van der Waals surface area contributed by atoms with E-state index < -0.39 is 12.0 Å². The SMILES string of the molecule is NC[C@H](N)C(=O)CCCCCCCCCCCCCCCCCCC(=O)O. The summed E-state index contributed by atoms with van der Waals surface area (Å²) in [6, 6.07) is -0.464. The standard InChI is InChI=1S/C22H44N2O3/c23-19-20(24)21(25)17-15-13-11-9-7-5-3-1-2-4-6-8-10-12-14-16-18-22(26)27/h20H,1-19,23-24H2,(H,26,27)/t20-/m0/s1. The number of carboxylic acids is 1. The summed E-state index contributed by atoms with van der Waals surface area (Å²) in [6.07, 6.45) is 20.5. The third-order valence-electron chi connectivity index (χ3n) is 5.23. The van der Waals surface area contributed by atoms with Crippen LogP contribution in [0.3, 0.4) is 0 Å². The summed E-state index contributed by atoms with van der Waals surface area (Å²) in [5, 5.41) is 8.56. The average Bonchev–Trinajstić information content (AvgIpc) is 2.65. The number of hydrogen-bond donors (Lipinski definition) is 3. The van der Waals surface area contributed by atoms with Crippen LogP contribution in [0.25, 0.3) is 0 Å². The van der Waals surface area contributed by atoms with E-state index in [1.807, 2.05) is 0 Å². The van der Waals surface area contributed by atoms with Gasteiger partial charge in [-0.1, -0.05) is 89.9 Å². The second-order valence-corrected chi connectivity index (χ2v) is 7.86. The van der Waals surface area contributed by atoms with E-state index >= 15 is 0 Å². The first-order chi connectivity index (χ1) is 13.1. The Bertz CT molecular complexity index is 361. The summed E-state index contributed by atoms with van der Waals surface area (Å²) in [6.45, 7) is 0.257. The highest BCUT2D eigenvalue weighted by Crippen LogP contribution is 2.14. The number of unbranched alkanes of at least 4 members (excludes halogenated alkanes) is 15. The van der Waals surface area contributed by atoms with Crippen molar-refractivity contribution in [1.29, 1.82) is 0 Å². The van der Waals surface area contributed by atoms with E-state index in [-0.39, 0.29) is 12.3 Å². The van der Waals surface area contributed by atoms with Crippen molar-refractivity contribution < 1.29 is 14.7 Å². The number of hydrogen-bond acceptors (Lipinski definition) is 4. The van der Waals surface area contributed by atoms with Crippen LogP contribution in [0.2, 0.25) is 0 Å². The Morgan fingerprint density at radius 3 is 1.19 bits per heavy atom. The van der Waals surface area contributed by atoms with Crippen molar-refractivity contribution in [2.24, 2.45) is 11.5 Å². The molecule has 0 amide bonds. The van der Waals surface area contributed by atoms with Crippen molar-refractivity contribution in [1.82, 2.24) is 0 Å². The maximum atomic E-state index is 11.5. The Morgan fingerprint density at radius 2 is 0.889 bits per heavy atom. The van der Waals surface area contributed by atoms with Crippen LogP contribution in [0, 0.1) is 0 Å². The van der Waals surface area contributed by atoms with E-state index in [0.717, 1.165) is 25.7 Å². The molecular formula is C22H44N2O3. The zero-order valence-corrected chi connectivity index (χ0v) is 17.4. The van der Waals surface area contributed by atoms with Crippen molar-refractivity contribution in [3.8, 4) is 0 Å². The van der Waals surface area contributed by atoms with Crippen LogP contribution >= 0.6 is 0 Å². The molecule has 0 aliphatic carbocycles. The highest BCUT2D eigenvalue weighted by molar-refractivity contribution is 5.83. The van der Waals surface area contributed by atoms with E-state index in [2.05, 4.69) is 0 Å². The Labute approximate surface area is 166 Å². The lowest BCUT2D eigenvalue weighted by atomic mass is 10.0. The smallest absolute Gasteiger partial charge is 0.303 e. The lowest BCUT2D eigenvalue weighted by molar-refractivity contribution is -0.137. The second-order valence-electron chi connectivity index (χ2n) is 7.86. The van der Waals surface area contributed by atoms with Crippen LogP contribution in [-0.2, 0) is 9.59 Å². The number of nitrogens with two attached hydrogens (primary N) is 2. The number of aliphatic carboxylic acids is 1. The molecule has 0 rings (SSSR count). The molecule has 0 aliphatic rings. The van der Waals surface area contributed by atoms with Gasteiger partial charge in [0, 0.05) is 19.4 Å². The van der Waals surface area contributed by atoms with Gasteiger partial charge < -0.3 is 16.6 Å². The third kappa shape index (κ3) is 19.6. The number of carbonyl (C=O) groups excluding carboxylic acids is 1. The molecule has 0 fully saturated rings. The molecule has 0 bridgehead atoms. The molecule has 0 saturated carbocycles. The van der Waals surface area contributed by atoms with Crippen LogP contribution in [0.15, 0.2) is 0 Å². The number of carbonyl (C=O) groups is 2. The summed E-state index contributed by atoms with van der Waals surface area (Å²) >= 11 is 0. The molecule has 0 aromatic rings. The van der Waals surface area contributed by atoms with Gasteiger partial charge in [0.2, 0.25) is 0 Å². The molecule has 5 heteroatoms. The van der Waals surface area contributed by atoms with Gasteiger partial charge in [0.25, 0.3) is 0 Å². The van der Waals surface area contributed by atoms with Gasteiger partial charge >= 0.3 is 5.97 Å². The second kappa shape index (κ2) is 19.8. The molecule has 0 saturated heterocycles. The highest BCUT2D eigenvalue weighted by Gasteiger charge is 2.09. The summed E-state index contributed by atoms with van der Waals surface area (Å²) in [4.78, 5) is 21.9. The number of Topliss-reactive ketones (excluding diaryl/α,β-unsaturated/α-hetero) is 1. The fourth-order valence-corrected chi connectivity index (χ4v) is 3.37. The van der Waals surface area contributed by atoms with Crippen molar-refractivity contribution in [2.45, 2.75) is 122 Å². The Kier molecular flexibility index (Phi) is 19.1. The fourth-order valence-electron chi connectivity index (χ4n) is 3.37. The largest absolute Gasteiger partial charge is 0.481 e. The Balaban J connectivity index is 3.11. The van der Waals surface area contributed by atoms with Crippen LogP contribution < -0.4 is 11.5 Å². The van der Waals surface area contributed by atoms with Crippen molar-refractivity contribution >= 4 is 11.8 Å². The van der Waals surface area contributed by atoms with E-state index in [4.69, 9.17) is 16.6 Å². The predicted octanol–water partition coefficient (Wildman–Crippen LogP) is 4.95. The van der Waals surface area contributed by atoms with E-state index in [1.54, 1.807) is 0 Å². The van der Waals surface area contributed by atoms with Crippen molar-refractivity contribution in [3.63, 3.8) is 0 Å². The zero-order chi connectivity index (χ0) is 20.2. The lowest BCUT2D eigenvalue weighted by Crippen LogP contribution is -2.37. The first-order valence-electron chi connectivity index (χ1n) is 11.3. The predicted molar refractivity (Wildman–Crippen MR) is 113 cm³/mol. The minimum absolute atomic E-state index is 0.107. The first kappa shape index (κ1) is 26.1. The van der Waals surface area contributed by atoms with Gasteiger partial charge in [-0.15, -0.1) is 0 Å². The minimum Gasteiger partial charge on any atom is -0.481 e. The topological polar surface area (TPSA) is 106 Å². The van der Waals surface area contributed by atoms with Gasteiger partial charge in [0.05, 0.1) is 6.04 Å². The molecule has 0 aromatic carbocycles. The maximum Gasteiger partial charge on any atom is 0.303 e. The molecule has 5 nitrogen and oxygen atoms in total. The Morgan fingerprint density at radius 1 is 0.593 bits per heavy atom. The van der Waals surface area contributed by atoms with Gasteiger partial charge in [-0.25, -0.2) is 0 Å². The fraction of sp³-hybridized carbons (Fsp3) is 0.909. The van der Waals surface area contributed by atoms with Crippen LogP contribution in [-0.4, -0.2) is 29.4 Å². The molecule has 5 N–H and O–H groups in total. The summed E-state index contributed by atoms with van der Waals surface area (Å²) < 4.78 is 0. The summed E-state index contributed by atoms with van der Waals surface area (Å²) in [7, 11) is 0. The highest BCUT2D eigenvalue weighted by atomic mass is 16.4. The third-order valence-corrected chi connectivity index (χ3v) is 5.23. The van der Waals surface area contributed by atoms with E-state index in [0.29, 0.717) is 12.8 Å². The van der Waals surface area contributed by atoms with Crippen LogP contribution in [0.5, 0.6) is 0 Å². The van der Waals surface area contributed by atoms with Crippen molar-refractivity contribution in [3.05, 3.63) is 0 Å². The molecule has 0 radical (unpaired) electrons. The van der Waals surface area contributed by atoms with Crippen LogP contribution in [0.1, 0.15) is 116 Å². The molecule has 0 unspecified atom stereocenters. The molecular weight excluding hydrogens is 340 g/mol. The molecule has 160 valence electrons. The molecule has 0 aliphatic heterocycles. The van der Waals surface area contributed by atoms with E-state index in [1.165, 1.54) is 77.0 Å². The van der Waals surface area contributed by atoms with Gasteiger partial charge in [0.15, 0.2) is 5.78 Å². The first-order valence-corrected chi connectivity index (χ1v) is 11.3. The van der Waals surface area contributed by atoms with Gasteiger partial charge in [0.1, 0.15) is 0 Å². The maximum absolute atomic E-state index is 11.5. The van der Waals surface area contributed by atoms with E-state index in [9.17, 15) is 9.59 Å². The quantitative estimate of drug-likeness (QED) is 0.243. The van der Waals surface area contributed by atoms with Gasteiger partial charge in [-0.05, 0) is 12.8 Å². The average molecular weight is 385 g/mol. The molecule has 0 heterocycles. The van der Waals surface area contributed by atoms with Gasteiger partial charge in [-0.3, -0.25) is 9.59 Å². The number of rotatable bonds is 21. The molecule has 1 atom stereocenters. The lowest BCUT2D eigenvalue weighted by Gasteiger charge is -2.07.